The van der Waals surface area contributed by atoms with E-state index in [1.54, 1.807) is 66.7 Å². The Morgan fingerprint density at radius 2 is 1.40 bits per heavy atom. The number of nitrogens with zero attached hydrogens (tertiary/aromatic N) is 1. The molecule has 1 aliphatic carbocycles. The fourth-order valence-corrected chi connectivity index (χ4v) is 5.74. The number of Topliss-reactive ketones (excluding diaryl/α,β-unsaturated/α-hetero) is 2. The summed E-state index contributed by atoms with van der Waals surface area (Å²) in [5.41, 5.74) is -0.786. The lowest BCUT2D eigenvalue weighted by atomic mass is 9.77. The molecule has 8 nitrogen and oxygen atoms in total. The summed E-state index contributed by atoms with van der Waals surface area (Å²) in [6.45, 7) is 0.0419. The Kier molecular flexibility index (Phi) is 3.94. The third kappa shape index (κ3) is 2.44. The van der Waals surface area contributed by atoms with Crippen molar-refractivity contribution in [2.45, 2.75) is 11.7 Å². The van der Waals surface area contributed by atoms with Crippen LogP contribution in [0.5, 0.6) is 11.5 Å². The molecule has 0 bridgehead atoms. The van der Waals surface area contributed by atoms with Crippen molar-refractivity contribution in [3.05, 3.63) is 89.5 Å². The Hall–Kier alpha value is -4.30. The molecule has 2 saturated heterocycles. The van der Waals surface area contributed by atoms with Crippen LogP contribution in [0.15, 0.2) is 72.8 Å². The first-order valence-corrected chi connectivity index (χ1v) is 11.2. The summed E-state index contributed by atoms with van der Waals surface area (Å²) in [5.74, 6) is -3.76. The van der Waals surface area contributed by atoms with Gasteiger partial charge in [0.05, 0.1) is 23.6 Å². The number of rotatable bonds is 2. The van der Waals surface area contributed by atoms with E-state index in [2.05, 4.69) is 0 Å². The van der Waals surface area contributed by atoms with Crippen molar-refractivity contribution in [3.8, 4) is 11.5 Å². The van der Waals surface area contributed by atoms with Gasteiger partial charge < -0.3 is 14.2 Å². The Labute approximate surface area is 199 Å². The first-order chi connectivity index (χ1) is 17.0. The predicted octanol–water partition coefficient (Wildman–Crippen LogP) is 3.11. The van der Waals surface area contributed by atoms with E-state index in [-0.39, 0.29) is 23.6 Å². The number of anilines is 1. The van der Waals surface area contributed by atoms with Gasteiger partial charge in [-0.05, 0) is 17.7 Å². The molecule has 2 fully saturated rings. The summed E-state index contributed by atoms with van der Waals surface area (Å²) in [7, 11) is 0. The van der Waals surface area contributed by atoms with Crippen LogP contribution in [0.25, 0.3) is 0 Å². The second-order valence-electron chi connectivity index (χ2n) is 8.94. The van der Waals surface area contributed by atoms with Crippen LogP contribution in [0.2, 0.25) is 0 Å². The second kappa shape index (κ2) is 6.86. The van der Waals surface area contributed by atoms with Gasteiger partial charge in [-0.3, -0.25) is 19.2 Å². The SMILES string of the molecule is O=C1[C@@H]2[C@H](c3ccccc3)OC3(C(=O)c4ccccc4C3=O)[C@H]2C(=O)N1c1ccc2c(c1)OCO2. The highest BCUT2D eigenvalue weighted by molar-refractivity contribution is 6.37. The molecular formula is C27H17NO7. The second-order valence-corrected chi connectivity index (χ2v) is 8.94. The number of ether oxygens (including phenoxy) is 3. The van der Waals surface area contributed by atoms with Crippen LogP contribution in [0.4, 0.5) is 5.69 Å². The molecule has 3 aliphatic heterocycles. The molecule has 35 heavy (non-hydrogen) atoms. The molecule has 3 aromatic carbocycles. The monoisotopic (exact) mass is 467 g/mol. The maximum absolute atomic E-state index is 13.9. The van der Waals surface area contributed by atoms with Gasteiger partial charge in [-0.25, -0.2) is 4.90 Å². The Morgan fingerprint density at radius 1 is 0.743 bits per heavy atom. The van der Waals surface area contributed by atoms with Gasteiger partial charge in [0.2, 0.25) is 35.8 Å². The van der Waals surface area contributed by atoms with Gasteiger partial charge in [-0.2, -0.15) is 0 Å². The van der Waals surface area contributed by atoms with Crippen LogP contribution >= 0.6 is 0 Å². The molecule has 4 aliphatic rings. The quantitative estimate of drug-likeness (QED) is 0.422. The Morgan fingerprint density at radius 3 is 2.11 bits per heavy atom. The highest BCUT2D eigenvalue weighted by Gasteiger charge is 2.74. The molecule has 3 heterocycles. The van der Waals surface area contributed by atoms with Crippen molar-refractivity contribution in [1.29, 1.82) is 0 Å². The Bertz CT molecular complexity index is 1430. The number of benzene rings is 3. The van der Waals surface area contributed by atoms with Crippen molar-refractivity contribution in [1.82, 2.24) is 0 Å². The molecule has 3 atom stereocenters. The molecule has 0 aromatic heterocycles. The summed E-state index contributed by atoms with van der Waals surface area (Å²) in [5, 5.41) is 0. The van der Waals surface area contributed by atoms with Gasteiger partial charge >= 0.3 is 0 Å². The van der Waals surface area contributed by atoms with Crippen LogP contribution in [-0.4, -0.2) is 35.8 Å². The molecular weight excluding hydrogens is 450 g/mol. The van der Waals surface area contributed by atoms with Crippen LogP contribution < -0.4 is 14.4 Å². The van der Waals surface area contributed by atoms with E-state index in [1.165, 1.54) is 0 Å². The lowest BCUT2D eigenvalue weighted by Crippen LogP contribution is -2.51. The average molecular weight is 467 g/mol. The summed E-state index contributed by atoms with van der Waals surface area (Å²) < 4.78 is 17.0. The van der Waals surface area contributed by atoms with Crippen LogP contribution in [0, 0.1) is 11.8 Å². The largest absolute Gasteiger partial charge is 0.454 e. The molecule has 172 valence electrons. The van der Waals surface area contributed by atoms with Crippen molar-refractivity contribution in [2.24, 2.45) is 11.8 Å². The van der Waals surface area contributed by atoms with E-state index in [0.29, 0.717) is 17.1 Å². The van der Waals surface area contributed by atoms with E-state index in [9.17, 15) is 19.2 Å². The number of imide groups is 1. The molecule has 0 N–H and O–H groups in total. The molecule has 1 spiro atoms. The van der Waals surface area contributed by atoms with Crippen LogP contribution in [0.1, 0.15) is 32.4 Å². The van der Waals surface area contributed by atoms with Crippen LogP contribution in [-0.2, 0) is 14.3 Å². The topological polar surface area (TPSA) is 99.2 Å². The first-order valence-electron chi connectivity index (χ1n) is 11.2. The van der Waals surface area contributed by atoms with E-state index in [0.717, 1.165) is 4.90 Å². The van der Waals surface area contributed by atoms with Gasteiger partial charge in [0.15, 0.2) is 11.5 Å². The number of fused-ring (bicyclic) bond motifs is 4. The number of hydrogen-bond acceptors (Lipinski definition) is 7. The maximum Gasteiger partial charge on any atom is 0.241 e. The number of carbonyl (C=O) groups excluding carboxylic acids is 4. The molecule has 0 saturated carbocycles. The van der Waals surface area contributed by atoms with Gasteiger partial charge in [-0.15, -0.1) is 0 Å². The summed E-state index contributed by atoms with van der Waals surface area (Å²) in [4.78, 5) is 56.3. The van der Waals surface area contributed by atoms with Crippen molar-refractivity contribution < 1.29 is 33.4 Å². The zero-order valence-corrected chi connectivity index (χ0v) is 18.2. The number of ketones is 2. The zero-order valence-electron chi connectivity index (χ0n) is 18.2. The molecule has 7 rings (SSSR count). The smallest absolute Gasteiger partial charge is 0.241 e. The van der Waals surface area contributed by atoms with Gasteiger partial charge in [0.1, 0.15) is 0 Å². The summed E-state index contributed by atoms with van der Waals surface area (Å²) in [6.07, 6.45) is -0.945. The number of hydrogen-bond donors (Lipinski definition) is 0. The minimum absolute atomic E-state index is 0.0419. The molecule has 0 unspecified atom stereocenters. The minimum atomic E-state index is -2.09. The molecule has 8 heteroatoms. The van der Waals surface area contributed by atoms with Gasteiger partial charge in [0, 0.05) is 17.2 Å². The van der Waals surface area contributed by atoms with Gasteiger partial charge in [0.25, 0.3) is 0 Å². The highest BCUT2D eigenvalue weighted by atomic mass is 16.7. The van der Waals surface area contributed by atoms with E-state index in [1.807, 2.05) is 6.07 Å². The fourth-order valence-electron chi connectivity index (χ4n) is 5.74. The molecule has 3 aromatic rings. The van der Waals surface area contributed by atoms with Crippen molar-refractivity contribution >= 4 is 29.1 Å². The third-order valence-corrected chi connectivity index (χ3v) is 7.26. The third-order valence-electron chi connectivity index (χ3n) is 7.26. The lowest BCUT2D eigenvalue weighted by molar-refractivity contribution is -0.127. The molecule has 2 amide bonds. The van der Waals surface area contributed by atoms with Gasteiger partial charge in [-0.1, -0.05) is 54.6 Å². The Balaban J connectivity index is 1.40. The fraction of sp³-hybridized carbons (Fsp3) is 0.185. The molecule has 0 radical (unpaired) electrons. The normalized spacial score (nSPS) is 25.5. The zero-order chi connectivity index (χ0) is 23.9. The standard InChI is InChI=1S/C27H17NO7/c29-23-16-8-4-5-9-17(16)24(30)27(23)21-20(22(35-27)14-6-2-1-3-7-14)25(31)28(26(21)32)15-10-11-18-19(12-15)34-13-33-18/h1-12,20-22H,13H2/t20-,21+,22-/m0/s1. The predicted molar refractivity (Wildman–Crippen MR) is 120 cm³/mol. The van der Waals surface area contributed by atoms with Crippen LogP contribution in [0.3, 0.4) is 0 Å². The summed E-state index contributed by atoms with van der Waals surface area (Å²) in [6, 6.07) is 20.1. The maximum atomic E-state index is 13.9. The number of amides is 2. The highest BCUT2D eigenvalue weighted by Crippen LogP contribution is 2.58. The first kappa shape index (κ1) is 20.1. The van der Waals surface area contributed by atoms with Crippen molar-refractivity contribution in [2.75, 3.05) is 11.7 Å². The van der Waals surface area contributed by atoms with E-state index in [4.69, 9.17) is 14.2 Å². The van der Waals surface area contributed by atoms with E-state index >= 15 is 0 Å². The van der Waals surface area contributed by atoms with E-state index < -0.39 is 46.9 Å². The average Bonchev–Trinajstić information content (AvgIpc) is 3.61. The van der Waals surface area contributed by atoms with Crippen molar-refractivity contribution in [3.63, 3.8) is 0 Å². The summed E-state index contributed by atoms with van der Waals surface area (Å²) >= 11 is 0. The minimum Gasteiger partial charge on any atom is -0.454 e. The number of carbonyl (C=O) groups is 4. The lowest BCUT2D eigenvalue weighted by Gasteiger charge is -2.27.